The lowest BCUT2D eigenvalue weighted by Gasteiger charge is -2.15. The molecule has 0 bridgehead atoms. The van der Waals surface area contributed by atoms with Gasteiger partial charge in [0, 0.05) is 25.0 Å². The van der Waals surface area contributed by atoms with Crippen LogP contribution in [0.5, 0.6) is 0 Å². The number of primary amides is 1. The van der Waals surface area contributed by atoms with Crippen molar-refractivity contribution in [1.82, 2.24) is 4.90 Å². The first-order valence-corrected chi connectivity index (χ1v) is 5.94. The number of carbonyl (C=O) groups is 2. The number of hydrogen-bond acceptors (Lipinski definition) is 3. The van der Waals surface area contributed by atoms with Crippen molar-refractivity contribution in [3.05, 3.63) is 35.9 Å². The first-order valence-electron chi connectivity index (χ1n) is 5.94. The van der Waals surface area contributed by atoms with Crippen molar-refractivity contribution in [2.75, 3.05) is 13.1 Å². The van der Waals surface area contributed by atoms with Gasteiger partial charge in [0.1, 0.15) is 6.42 Å². The van der Waals surface area contributed by atoms with Gasteiger partial charge in [-0.3, -0.25) is 9.59 Å². The van der Waals surface area contributed by atoms with E-state index < -0.39 is 5.91 Å². The molecule has 1 aliphatic heterocycles. The van der Waals surface area contributed by atoms with Crippen LogP contribution in [0.25, 0.3) is 0 Å². The molecule has 0 saturated carbocycles. The summed E-state index contributed by atoms with van der Waals surface area (Å²) in [6.07, 6.45) is -0.242. The van der Waals surface area contributed by atoms with Gasteiger partial charge < -0.3 is 16.4 Å². The minimum atomic E-state index is -0.600. The summed E-state index contributed by atoms with van der Waals surface area (Å²) in [6.45, 7) is 1.03. The topological polar surface area (TPSA) is 89.4 Å². The Bertz CT molecular complexity index is 447. The Morgan fingerprint density at radius 3 is 2.50 bits per heavy atom. The van der Waals surface area contributed by atoms with Crippen molar-refractivity contribution in [1.29, 1.82) is 0 Å². The first kappa shape index (κ1) is 12.6. The molecule has 0 aliphatic carbocycles. The van der Waals surface area contributed by atoms with Gasteiger partial charge in [0.25, 0.3) is 0 Å². The zero-order valence-electron chi connectivity index (χ0n) is 10.1. The van der Waals surface area contributed by atoms with Crippen molar-refractivity contribution in [2.45, 2.75) is 18.4 Å². The number of nitrogens with two attached hydrogens (primary N) is 2. The average Bonchev–Trinajstić information content (AvgIpc) is 2.72. The normalized spacial score (nSPS) is 23.1. The number of carbonyl (C=O) groups excluding carboxylic acids is 2. The molecule has 2 amide bonds. The Labute approximate surface area is 106 Å². The molecule has 2 atom stereocenters. The van der Waals surface area contributed by atoms with Gasteiger partial charge in [-0.1, -0.05) is 30.3 Å². The molecule has 96 valence electrons. The smallest absolute Gasteiger partial charge is 0.232 e. The summed E-state index contributed by atoms with van der Waals surface area (Å²) < 4.78 is 0. The highest BCUT2D eigenvalue weighted by atomic mass is 16.2. The molecule has 1 aromatic carbocycles. The van der Waals surface area contributed by atoms with Crippen LogP contribution < -0.4 is 11.5 Å². The average molecular weight is 247 g/mol. The predicted molar refractivity (Wildman–Crippen MR) is 67.5 cm³/mol. The summed E-state index contributed by atoms with van der Waals surface area (Å²) in [5, 5.41) is 0. The van der Waals surface area contributed by atoms with E-state index >= 15 is 0 Å². The molecule has 0 unspecified atom stereocenters. The number of likely N-dealkylation sites (tertiary alicyclic amines) is 1. The largest absolute Gasteiger partial charge is 0.369 e. The van der Waals surface area contributed by atoms with Gasteiger partial charge in [-0.15, -0.1) is 0 Å². The van der Waals surface area contributed by atoms with Crippen molar-refractivity contribution >= 4 is 11.8 Å². The standard InChI is InChI=1S/C13H17N3O2/c14-11-8-16(13(18)6-12(15)17)7-10(11)9-4-2-1-3-5-9/h1-5,10-11H,6-8,14H2,(H2,15,17)/t10-,11+/m0/s1. The quantitative estimate of drug-likeness (QED) is 0.726. The third kappa shape index (κ3) is 2.68. The van der Waals surface area contributed by atoms with Gasteiger partial charge in [-0.05, 0) is 5.56 Å². The van der Waals surface area contributed by atoms with E-state index in [-0.39, 0.29) is 24.3 Å². The summed E-state index contributed by atoms with van der Waals surface area (Å²) in [7, 11) is 0. The van der Waals surface area contributed by atoms with Crippen LogP contribution in [-0.2, 0) is 9.59 Å². The summed E-state index contributed by atoms with van der Waals surface area (Å²) in [4.78, 5) is 24.1. The number of hydrogen-bond donors (Lipinski definition) is 2. The molecule has 1 aromatic rings. The summed E-state index contributed by atoms with van der Waals surface area (Å²) in [5.41, 5.74) is 12.2. The minimum Gasteiger partial charge on any atom is -0.369 e. The monoisotopic (exact) mass is 247 g/mol. The highest BCUT2D eigenvalue weighted by Crippen LogP contribution is 2.26. The lowest BCUT2D eigenvalue weighted by atomic mass is 9.95. The molecule has 5 heteroatoms. The molecule has 1 heterocycles. The van der Waals surface area contributed by atoms with Crippen LogP contribution in [-0.4, -0.2) is 35.8 Å². The predicted octanol–water partition coefficient (Wildman–Crippen LogP) is -0.185. The van der Waals surface area contributed by atoms with Crippen LogP contribution in [0.3, 0.4) is 0 Å². The van der Waals surface area contributed by atoms with Gasteiger partial charge >= 0.3 is 0 Å². The van der Waals surface area contributed by atoms with Crippen LogP contribution in [0.2, 0.25) is 0 Å². The highest BCUT2D eigenvalue weighted by Gasteiger charge is 2.33. The Hall–Kier alpha value is -1.88. The number of nitrogens with zero attached hydrogens (tertiary/aromatic N) is 1. The fourth-order valence-corrected chi connectivity index (χ4v) is 2.35. The SMILES string of the molecule is NC(=O)CC(=O)N1C[C@@H](N)[C@H](c2ccccc2)C1. The fourth-order valence-electron chi connectivity index (χ4n) is 2.35. The van der Waals surface area contributed by atoms with E-state index in [1.54, 1.807) is 4.90 Å². The van der Waals surface area contributed by atoms with Crippen LogP contribution in [0, 0.1) is 0 Å². The fraction of sp³-hybridized carbons (Fsp3) is 0.385. The van der Waals surface area contributed by atoms with Gasteiger partial charge in [-0.25, -0.2) is 0 Å². The van der Waals surface area contributed by atoms with E-state index in [1.165, 1.54) is 0 Å². The highest BCUT2D eigenvalue weighted by molar-refractivity contribution is 5.96. The third-order valence-corrected chi connectivity index (χ3v) is 3.27. The van der Waals surface area contributed by atoms with Crippen LogP contribution in [0.15, 0.2) is 30.3 Å². The molecule has 4 N–H and O–H groups in total. The lowest BCUT2D eigenvalue weighted by Crippen LogP contribution is -2.34. The van der Waals surface area contributed by atoms with Crippen molar-refractivity contribution in [3.8, 4) is 0 Å². The summed E-state index contributed by atoms with van der Waals surface area (Å²) in [5.74, 6) is -0.712. The molecular formula is C13H17N3O2. The van der Waals surface area contributed by atoms with E-state index in [0.717, 1.165) is 5.56 Å². The van der Waals surface area contributed by atoms with Crippen molar-refractivity contribution in [2.24, 2.45) is 11.5 Å². The maximum Gasteiger partial charge on any atom is 0.232 e. The molecule has 0 radical (unpaired) electrons. The molecule has 5 nitrogen and oxygen atoms in total. The van der Waals surface area contributed by atoms with Crippen molar-refractivity contribution in [3.63, 3.8) is 0 Å². The second-order valence-corrected chi connectivity index (χ2v) is 4.62. The van der Waals surface area contributed by atoms with E-state index in [4.69, 9.17) is 11.5 Å². The lowest BCUT2D eigenvalue weighted by molar-refractivity contribution is -0.134. The molecule has 18 heavy (non-hydrogen) atoms. The van der Waals surface area contributed by atoms with E-state index in [9.17, 15) is 9.59 Å². The maximum atomic E-state index is 11.7. The third-order valence-electron chi connectivity index (χ3n) is 3.27. The Kier molecular flexibility index (Phi) is 3.62. The Balaban J connectivity index is 2.05. The molecule has 2 rings (SSSR count). The number of benzene rings is 1. The number of rotatable bonds is 3. The van der Waals surface area contributed by atoms with Crippen LogP contribution in [0.1, 0.15) is 17.9 Å². The summed E-state index contributed by atoms with van der Waals surface area (Å²) >= 11 is 0. The van der Waals surface area contributed by atoms with Gasteiger partial charge in [0.15, 0.2) is 0 Å². The molecule has 1 fully saturated rings. The summed E-state index contributed by atoms with van der Waals surface area (Å²) in [6, 6.07) is 9.77. The van der Waals surface area contributed by atoms with E-state index in [1.807, 2.05) is 30.3 Å². The van der Waals surface area contributed by atoms with Crippen molar-refractivity contribution < 1.29 is 9.59 Å². The van der Waals surface area contributed by atoms with Gasteiger partial charge in [-0.2, -0.15) is 0 Å². The molecular weight excluding hydrogens is 230 g/mol. The molecule has 0 spiro atoms. The minimum absolute atomic E-state index is 0.0933. The Morgan fingerprint density at radius 2 is 1.89 bits per heavy atom. The first-order chi connectivity index (χ1) is 8.58. The molecule has 0 aromatic heterocycles. The zero-order valence-corrected chi connectivity index (χ0v) is 10.1. The second-order valence-electron chi connectivity index (χ2n) is 4.62. The maximum absolute atomic E-state index is 11.7. The van der Waals surface area contributed by atoms with Gasteiger partial charge in [0.2, 0.25) is 11.8 Å². The van der Waals surface area contributed by atoms with E-state index in [2.05, 4.69) is 0 Å². The van der Waals surface area contributed by atoms with Crippen LogP contribution in [0.4, 0.5) is 0 Å². The van der Waals surface area contributed by atoms with Gasteiger partial charge in [0.05, 0.1) is 0 Å². The molecule has 1 saturated heterocycles. The molecule has 1 aliphatic rings. The van der Waals surface area contributed by atoms with E-state index in [0.29, 0.717) is 13.1 Å². The second kappa shape index (κ2) is 5.18. The number of amides is 2. The zero-order chi connectivity index (χ0) is 13.1. The Morgan fingerprint density at radius 1 is 1.22 bits per heavy atom. The van der Waals surface area contributed by atoms with Crippen LogP contribution >= 0.6 is 0 Å².